The number of anilines is 1. The Morgan fingerprint density at radius 1 is 1.12 bits per heavy atom. The first-order chi connectivity index (χ1) is 12.3. The number of rotatable bonds is 3. The molecule has 126 valence electrons. The molecule has 0 bridgehead atoms. The number of thioether (sulfide) groups is 1. The van der Waals surface area contributed by atoms with Crippen molar-refractivity contribution < 1.29 is 9.47 Å². The third-order valence-electron chi connectivity index (χ3n) is 3.91. The summed E-state index contributed by atoms with van der Waals surface area (Å²) in [5.41, 5.74) is 3.40. The second-order valence-electron chi connectivity index (χ2n) is 5.42. The largest absolute Gasteiger partial charge is 0.497 e. The van der Waals surface area contributed by atoms with Crippen LogP contribution in [-0.4, -0.2) is 28.5 Å². The van der Waals surface area contributed by atoms with Gasteiger partial charge < -0.3 is 14.8 Å². The Morgan fingerprint density at radius 3 is 2.84 bits per heavy atom. The van der Waals surface area contributed by atoms with E-state index in [1.165, 1.54) is 11.8 Å². The molecule has 0 spiro atoms. The fourth-order valence-corrected chi connectivity index (χ4v) is 2.99. The van der Waals surface area contributed by atoms with Crippen LogP contribution in [0.25, 0.3) is 11.3 Å². The standard InChI is InChI=1S/C18H16N4O2S/c1-23-12-7-5-6-11(10-12)16-19-14-9-4-3-8-13(14)15-17(24-16)20-18(25-2)22-21-15/h3-10,16,19H,1-2H3/t16-/m0/s1. The molecule has 0 radical (unpaired) electrons. The van der Waals surface area contributed by atoms with Crippen molar-refractivity contribution >= 4 is 17.4 Å². The second-order valence-corrected chi connectivity index (χ2v) is 6.19. The SMILES string of the molecule is COc1cccc([C@H]2Nc3ccccc3-c3nnc(SC)nc3O2)c1. The minimum atomic E-state index is -0.413. The zero-order valence-electron chi connectivity index (χ0n) is 13.8. The summed E-state index contributed by atoms with van der Waals surface area (Å²) in [4.78, 5) is 4.50. The van der Waals surface area contributed by atoms with Gasteiger partial charge in [0.25, 0.3) is 0 Å². The molecule has 6 nitrogen and oxygen atoms in total. The molecule has 1 N–H and O–H groups in total. The number of fused-ring (bicyclic) bond motifs is 3. The predicted octanol–water partition coefficient (Wildman–Crippen LogP) is 3.77. The molecule has 2 heterocycles. The normalized spacial score (nSPS) is 15.2. The Hall–Kier alpha value is -2.80. The molecule has 1 atom stereocenters. The van der Waals surface area contributed by atoms with E-state index in [-0.39, 0.29) is 0 Å². The first-order valence-corrected chi connectivity index (χ1v) is 8.96. The van der Waals surface area contributed by atoms with Crippen LogP contribution in [0.2, 0.25) is 0 Å². The number of ether oxygens (including phenoxy) is 2. The van der Waals surface area contributed by atoms with Gasteiger partial charge in [-0.05, 0) is 24.5 Å². The molecule has 3 aromatic rings. The van der Waals surface area contributed by atoms with E-state index in [1.54, 1.807) is 7.11 Å². The fraction of sp³-hybridized carbons (Fsp3) is 0.167. The van der Waals surface area contributed by atoms with Gasteiger partial charge in [0.15, 0.2) is 11.9 Å². The van der Waals surface area contributed by atoms with Crippen molar-refractivity contribution in [1.82, 2.24) is 15.2 Å². The number of para-hydroxylation sites is 1. The summed E-state index contributed by atoms with van der Waals surface area (Å²) in [5.74, 6) is 1.23. The highest BCUT2D eigenvalue weighted by atomic mass is 32.2. The van der Waals surface area contributed by atoms with E-state index >= 15 is 0 Å². The maximum atomic E-state index is 6.17. The number of hydrogen-bond acceptors (Lipinski definition) is 7. The third-order valence-corrected chi connectivity index (χ3v) is 4.45. The average molecular weight is 352 g/mol. The summed E-state index contributed by atoms with van der Waals surface area (Å²) in [6, 6.07) is 15.7. The fourth-order valence-electron chi connectivity index (χ4n) is 2.69. The molecule has 1 aromatic heterocycles. The minimum Gasteiger partial charge on any atom is -0.497 e. The molecule has 0 unspecified atom stereocenters. The lowest BCUT2D eigenvalue weighted by Crippen LogP contribution is -2.17. The molecular formula is C18H16N4O2S. The molecule has 4 rings (SSSR count). The van der Waals surface area contributed by atoms with Crippen molar-refractivity contribution in [3.05, 3.63) is 54.1 Å². The highest BCUT2D eigenvalue weighted by Crippen LogP contribution is 2.39. The summed E-state index contributed by atoms with van der Waals surface area (Å²) in [6.45, 7) is 0. The van der Waals surface area contributed by atoms with E-state index in [0.29, 0.717) is 16.7 Å². The highest BCUT2D eigenvalue weighted by molar-refractivity contribution is 7.98. The van der Waals surface area contributed by atoms with E-state index in [0.717, 1.165) is 22.6 Å². The van der Waals surface area contributed by atoms with Gasteiger partial charge in [0.2, 0.25) is 11.0 Å². The van der Waals surface area contributed by atoms with Gasteiger partial charge in [-0.3, -0.25) is 0 Å². The average Bonchev–Trinajstić information content (AvgIpc) is 2.84. The van der Waals surface area contributed by atoms with Crippen molar-refractivity contribution in [3.8, 4) is 22.9 Å². The van der Waals surface area contributed by atoms with E-state index in [2.05, 4.69) is 20.5 Å². The van der Waals surface area contributed by atoms with Crippen LogP contribution in [0.4, 0.5) is 5.69 Å². The van der Waals surface area contributed by atoms with Crippen LogP contribution in [0.1, 0.15) is 11.8 Å². The van der Waals surface area contributed by atoms with Crippen LogP contribution in [0.15, 0.2) is 53.7 Å². The first kappa shape index (κ1) is 15.7. The van der Waals surface area contributed by atoms with Gasteiger partial charge in [0.1, 0.15) is 5.75 Å². The van der Waals surface area contributed by atoms with Gasteiger partial charge in [0.05, 0.1) is 7.11 Å². The van der Waals surface area contributed by atoms with Crippen molar-refractivity contribution in [2.45, 2.75) is 11.4 Å². The number of benzene rings is 2. The monoisotopic (exact) mass is 352 g/mol. The van der Waals surface area contributed by atoms with Crippen LogP contribution < -0.4 is 14.8 Å². The number of nitrogens with zero attached hydrogens (tertiary/aromatic N) is 3. The van der Waals surface area contributed by atoms with Gasteiger partial charge in [-0.1, -0.05) is 42.1 Å². The Labute approximate surface area is 149 Å². The first-order valence-electron chi connectivity index (χ1n) is 7.74. The van der Waals surface area contributed by atoms with Gasteiger partial charge in [-0.15, -0.1) is 10.2 Å². The number of aromatic nitrogens is 3. The molecule has 1 aliphatic rings. The van der Waals surface area contributed by atoms with Gasteiger partial charge in [-0.2, -0.15) is 4.98 Å². The molecule has 0 saturated heterocycles. The van der Waals surface area contributed by atoms with E-state index < -0.39 is 6.23 Å². The van der Waals surface area contributed by atoms with E-state index in [9.17, 15) is 0 Å². The van der Waals surface area contributed by atoms with Crippen molar-refractivity contribution in [1.29, 1.82) is 0 Å². The zero-order chi connectivity index (χ0) is 17.2. The molecule has 0 saturated carbocycles. The number of nitrogens with one attached hydrogen (secondary N) is 1. The lowest BCUT2D eigenvalue weighted by Gasteiger charge is -2.19. The molecule has 0 fully saturated rings. The molecule has 0 amide bonds. The quantitative estimate of drug-likeness (QED) is 0.720. The second kappa shape index (κ2) is 6.60. The summed E-state index contributed by atoms with van der Waals surface area (Å²) in [6.07, 6.45) is 1.50. The highest BCUT2D eigenvalue weighted by Gasteiger charge is 2.26. The number of methoxy groups -OCH3 is 1. The molecule has 2 aromatic carbocycles. The minimum absolute atomic E-state index is 0.413. The Kier molecular flexibility index (Phi) is 4.15. The molecule has 0 aliphatic carbocycles. The van der Waals surface area contributed by atoms with E-state index in [1.807, 2.05) is 54.8 Å². The lowest BCUT2D eigenvalue weighted by molar-refractivity contribution is 0.224. The maximum Gasteiger partial charge on any atom is 0.247 e. The number of hydrogen-bond donors (Lipinski definition) is 1. The topological polar surface area (TPSA) is 69.2 Å². The zero-order valence-corrected chi connectivity index (χ0v) is 14.6. The van der Waals surface area contributed by atoms with Crippen LogP contribution in [-0.2, 0) is 0 Å². The molecule has 7 heteroatoms. The summed E-state index contributed by atoms with van der Waals surface area (Å²) in [7, 11) is 1.65. The van der Waals surface area contributed by atoms with Crippen LogP contribution >= 0.6 is 11.8 Å². The lowest BCUT2D eigenvalue weighted by atomic mass is 10.1. The van der Waals surface area contributed by atoms with Crippen molar-refractivity contribution in [2.24, 2.45) is 0 Å². The van der Waals surface area contributed by atoms with E-state index in [4.69, 9.17) is 9.47 Å². The van der Waals surface area contributed by atoms with Crippen LogP contribution in [0.5, 0.6) is 11.6 Å². The van der Waals surface area contributed by atoms with Gasteiger partial charge >= 0.3 is 0 Å². The summed E-state index contributed by atoms with van der Waals surface area (Å²) >= 11 is 1.43. The Balaban J connectivity index is 1.84. The molecular weight excluding hydrogens is 336 g/mol. The van der Waals surface area contributed by atoms with Crippen molar-refractivity contribution in [3.63, 3.8) is 0 Å². The van der Waals surface area contributed by atoms with Crippen LogP contribution in [0, 0.1) is 0 Å². The smallest absolute Gasteiger partial charge is 0.247 e. The summed E-state index contributed by atoms with van der Waals surface area (Å²) < 4.78 is 11.5. The maximum absolute atomic E-state index is 6.17. The Bertz CT molecular complexity index is 919. The van der Waals surface area contributed by atoms with Gasteiger partial charge in [0, 0.05) is 16.8 Å². The Morgan fingerprint density at radius 2 is 2.00 bits per heavy atom. The third kappa shape index (κ3) is 2.98. The molecule has 1 aliphatic heterocycles. The van der Waals surface area contributed by atoms with Gasteiger partial charge in [-0.25, -0.2) is 0 Å². The van der Waals surface area contributed by atoms with Crippen LogP contribution in [0.3, 0.4) is 0 Å². The molecule has 25 heavy (non-hydrogen) atoms. The predicted molar refractivity (Wildman–Crippen MR) is 97.0 cm³/mol. The van der Waals surface area contributed by atoms with Crippen molar-refractivity contribution in [2.75, 3.05) is 18.7 Å². The summed E-state index contributed by atoms with van der Waals surface area (Å²) in [5, 5.41) is 12.5.